The molecule has 0 spiro atoms. The van der Waals surface area contributed by atoms with Crippen molar-refractivity contribution in [2.75, 3.05) is 32.7 Å². The van der Waals surface area contributed by atoms with Crippen LogP contribution in [0.4, 0.5) is 0 Å². The molecule has 1 aromatic heterocycles. The molecule has 0 bridgehead atoms. The zero-order chi connectivity index (χ0) is 16.4. The minimum Gasteiger partial charge on any atom is -0.387 e. The number of nitrogens with zero attached hydrogens (tertiary/aromatic N) is 4. The summed E-state index contributed by atoms with van der Waals surface area (Å²) in [6, 6.07) is 0. The summed E-state index contributed by atoms with van der Waals surface area (Å²) in [5.41, 5.74) is 1.53. The lowest BCUT2D eigenvalue weighted by Gasteiger charge is -2.28. The van der Waals surface area contributed by atoms with Crippen LogP contribution in [0.5, 0.6) is 0 Å². The predicted octanol–water partition coefficient (Wildman–Crippen LogP) is 0.720. The molecular formula is C17H28N4O2. The van der Waals surface area contributed by atoms with Crippen LogP contribution in [0.15, 0.2) is 6.20 Å². The third-order valence-corrected chi connectivity index (χ3v) is 5.35. The number of carbonyl (C=O) groups is 1. The van der Waals surface area contributed by atoms with Gasteiger partial charge in [-0.1, -0.05) is 0 Å². The first-order chi connectivity index (χ1) is 11.0. The highest BCUT2D eigenvalue weighted by atomic mass is 16.3. The van der Waals surface area contributed by atoms with E-state index in [9.17, 15) is 9.90 Å². The average Bonchev–Trinajstić information content (AvgIpc) is 3.22. The van der Waals surface area contributed by atoms with Crippen molar-refractivity contribution in [1.29, 1.82) is 0 Å². The molecule has 128 valence electrons. The average molecular weight is 320 g/mol. The minimum absolute atomic E-state index is 0.144. The molecule has 1 amide bonds. The van der Waals surface area contributed by atoms with Crippen molar-refractivity contribution in [2.24, 2.45) is 7.05 Å². The molecule has 0 aliphatic carbocycles. The summed E-state index contributed by atoms with van der Waals surface area (Å²) in [7, 11) is 1.92. The highest BCUT2D eigenvalue weighted by molar-refractivity contribution is 5.77. The molecule has 0 saturated carbocycles. The Balaban J connectivity index is 1.49. The second kappa shape index (κ2) is 6.61. The van der Waals surface area contributed by atoms with Gasteiger partial charge < -0.3 is 14.9 Å². The second-order valence-corrected chi connectivity index (χ2v) is 7.15. The topological polar surface area (TPSA) is 61.6 Å². The molecule has 0 radical (unpaired) electrons. The first kappa shape index (κ1) is 16.5. The van der Waals surface area contributed by atoms with Gasteiger partial charge in [-0.05, 0) is 51.3 Å². The lowest BCUT2D eigenvalue weighted by atomic mass is 10.0. The van der Waals surface area contributed by atoms with Crippen LogP contribution in [0.1, 0.15) is 36.9 Å². The molecule has 1 unspecified atom stereocenters. The zero-order valence-electron chi connectivity index (χ0n) is 14.3. The van der Waals surface area contributed by atoms with E-state index in [1.807, 2.05) is 29.7 Å². The van der Waals surface area contributed by atoms with E-state index in [0.717, 1.165) is 30.8 Å². The number of hydrogen-bond donors (Lipinski definition) is 1. The summed E-state index contributed by atoms with van der Waals surface area (Å²) in [6.45, 7) is 6.05. The number of β-amino-alcohol motifs (C(OH)–C–C–N with tert-alkyl or cyclic N) is 1. The molecule has 2 fully saturated rings. The Morgan fingerprint density at radius 3 is 2.74 bits per heavy atom. The Kier molecular flexibility index (Phi) is 4.73. The van der Waals surface area contributed by atoms with Gasteiger partial charge in [-0.25, -0.2) is 0 Å². The zero-order valence-corrected chi connectivity index (χ0v) is 14.3. The number of carbonyl (C=O) groups excluding carboxylic acids is 1. The van der Waals surface area contributed by atoms with Gasteiger partial charge in [-0.15, -0.1) is 0 Å². The third-order valence-electron chi connectivity index (χ3n) is 5.35. The van der Waals surface area contributed by atoms with E-state index >= 15 is 0 Å². The first-order valence-electron chi connectivity index (χ1n) is 8.67. The Morgan fingerprint density at radius 2 is 2.09 bits per heavy atom. The number of hydrogen-bond acceptors (Lipinski definition) is 4. The molecule has 0 aromatic carbocycles. The maximum atomic E-state index is 12.4. The van der Waals surface area contributed by atoms with Crippen molar-refractivity contribution in [3.8, 4) is 0 Å². The molecule has 1 aromatic rings. The van der Waals surface area contributed by atoms with Gasteiger partial charge >= 0.3 is 0 Å². The number of amides is 1. The van der Waals surface area contributed by atoms with Gasteiger partial charge in [-0.3, -0.25) is 9.48 Å². The fraction of sp³-hybridized carbons (Fsp3) is 0.765. The molecule has 6 nitrogen and oxygen atoms in total. The van der Waals surface area contributed by atoms with Gasteiger partial charge in [0.2, 0.25) is 5.91 Å². The summed E-state index contributed by atoms with van der Waals surface area (Å²) in [4.78, 5) is 16.6. The Bertz CT molecular complexity index is 565. The molecule has 6 heteroatoms. The Morgan fingerprint density at radius 1 is 1.35 bits per heavy atom. The fourth-order valence-electron chi connectivity index (χ4n) is 3.74. The molecule has 3 heterocycles. The van der Waals surface area contributed by atoms with Crippen LogP contribution in [0.3, 0.4) is 0 Å². The summed E-state index contributed by atoms with van der Waals surface area (Å²) in [5, 5.41) is 15.0. The summed E-state index contributed by atoms with van der Waals surface area (Å²) in [5.74, 6) is 0.144. The van der Waals surface area contributed by atoms with Crippen LogP contribution >= 0.6 is 0 Å². The maximum Gasteiger partial charge on any atom is 0.223 e. The smallest absolute Gasteiger partial charge is 0.223 e. The molecule has 23 heavy (non-hydrogen) atoms. The van der Waals surface area contributed by atoms with E-state index < -0.39 is 5.60 Å². The lowest BCUT2D eigenvalue weighted by molar-refractivity contribution is -0.131. The standard InChI is InChI=1S/C17H28N4O2/c1-14-15(11-18-19(14)2)5-6-16(22)21-10-7-17(23,13-21)12-20-8-3-4-9-20/h11,23H,3-10,12-13H2,1-2H3. The van der Waals surface area contributed by atoms with Crippen molar-refractivity contribution in [3.63, 3.8) is 0 Å². The van der Waals surface area contributed by atoms with Gasteiger partial charge in [0.25, 0.3) is 0 Å². The first-order valence-corrected chi connectivity index (χ1v) is 8.67. The van der Waals surface area contributed by atoms with Crippen LogP contribution in [0.2, 0.25) is 0 Å². The summed E-state index contributed by atoms with van der Waals surface area (Å²) < 4.78 is 1.84. The highest BCUT2D eigenvalue weighted by Gasteiger charge is 2.39. The van der Waals surface area contributed by atoms with E-state index in [4.69, 9.17) is 0 Å². The quantitative estimate of drug-likeness (QED) is 0.868. The number of rotatable bonds is 5. The normalized spacial score (nSPS) is 25.4. The fourth-order valence-corrected chi connectivity index (χ4v) is 3.74. The Labute approximate surface area is 138 Å². The molecular weight excluding hydrogens is 292 g/mol. The number of aromatic nitrogens is 2. The van der Waals surface area contributed by atoms with Crippen LogP contribution < -0.4 is 0 Å². The van der Waals surface area contributed by atoms with Crippen LogP contribution in [0.25, 0.3) is 0 Å². The van der Waals surface area contributed by atoms with E-state index in [0.29, 0.717) is 32.5 Å². The van der Waals surface area contributed by atoms with Gasteiger partial charge in [0.15, 0.2) is 0 Å². The second-order valence-electron chi connectivity index (χ2n) is 7.15. The third kappa shape index (κ3) is 3.75. The van der Waals surface area contributed by atoms with Crippen molar-refractivity contribution in [2.45, 2.75) is 44.6 Å². The van der Waals surface area contributed by atoms with Crippen molar-refractivity contribution >= 4 is 5.91 Å². The maximum absolute atomic E-state index is 12.4. The van der Waals surface area contributed by atoms with E-state index in [-0.39, 0.29) is 5.91 Å². The minimum atomic E-state index is -0.718. The largest absolute Gasteiger partial charge is 0.387 e. The Hall–Kier alpha value is -1.40. The number of aliphatic hydroxyl groups is 1. The van der Waals surface area contributed by atoms with Crippen LogP contribution in [0, 0.1) is 6.92 Å². The number of aryl methyl sites for hydroxylation is 2. The monoisotopic (exact) mass is 320 g/mol. The van der Waals surface area contributed by atoms with Crippen LogP contribution in [-0.2, 0) is 18.3 Å². The molecule has 2 aliphatic heterocycles. The van der Waals surface area contributed by atoms with Crippen molar-refractivity contribution in [3.05, 3.63) is 17.5 Å². The van der Waals surface area contributed by atoms with E-state index in [1.54, 1.807) is 0 Å². The van der Waals surface area contributed by atoms with Crippen molar-refractivity contribution < 1.29 is 9.90 Å². The lowest BCUT2D eigenvalue weighted by Crippen LogP contribution is -2.45. The predicted molar refractivity (Wildman–Crippen MR) is 88.1 cm³/mol. The molecule has 1 atom stereocenters. The van der Waals surface area contributed by atoms with E-state index in [2.05, 4.69) is 10.00 Å². The van der Waals surface area contributed by atoms with Gasteiger partial charge in [-0.2, -0.15) is 5.10 Å². The van der Waals surface area contributed by atoms with Gasteiger partial charge in [0.1, 0.15) is 0 Å². The summed E-state index contributed by atoms with van der Waals surface area (Å²) in [6.07, 6.45) is 6.20. The highest BCUT2D eigenvalue weighted by Crippen LogP contribution is 2.25. The molecule has 1 N–H and O–H groups in total. The SMILES string of the molecule is Cc1c(CCC(=O)N2CCC(O)(CN3CCCC3)C2)cnn1C. The molecule has 2 saturated heterocycles. The summed E-state index contributed by atoms with van der Waals surface area (Å²) >= 11 is 0. The number of likely N-dealkylation sites (tertiary alicyclic amines) is 2. The molecule has 3 rings (SSSR count). The molecule has 2 aliphatic rings. The van der Waals surface area contributed by atoms with Crippen molar-refractivity contribution in [1.82, 2.24) is 19.6 Å². The van der Waals surface area contributed by atoms with Gasteiger partial charge in [0, 0.05) is 32.3 Å². The van der Waals surface area contributed by atoms with Crippen LogP contribution in [-0.4, -0.2) is 68.9 Å². The van der Waals surface area contributed by atoms with Gasteiger partial charge in [0.05, 0.1) is 18.3 Å². The van der Waals surface area contributed by atoms with E-state index in [1.165, 1.54) is 12.8 Å².